The summed E-state index contributed by atoms with van der Waals surface area (Å²) < 4.78 is 10.8. The Bertz CT molecular complexity index is 938. The van der Waals surface area contributed by atoms with E-state index in [4.69, 9.17) is 9.47 Å². The van der Waals surface area contributed by atoms with Crippen LogP contribution in [0, 0.1) is 0 Å². The van der Waals surface area contributed by atoms with E-state index in [0.717, 1.165) is 17.4 Å². The van der Waals surface area contributed by atoms with Crippen molar-refractivity contribution in [2.45, 2.75) is 0 Å². The average Bonchev–Trinajstić information content (AvgIpc) is 2.73. The van der Waals surface area contributed by atoms with Crippen molar-refractivity contribution in [2.75, 3.05) is 19.0 Å². The van der Waals surface area contributed by atoms with E-state index in [-0.39, 0.29) is 12.5 Å². The predicted molar refractivity (Wildman–Crippen MR) is 104 cm³/mol. The molecule has 0 aliphatic heterocycles. The van der Waals surface area contributed by atoms with Crippen molar-refractivity contribution < 1.29 is 19.1 Å². The summed E-state index contributed by atoms with van der Waals surface area (Å²) in [7, 11) is 1.48. The quantitative estimate of drug-likeness (QED) is 0.641. The first-order valence-corrected chi connectivity index (χ1v) is 8.41. The minimum atomic E-state index is -0.292. The van der Waals surface area contributed by atoms with Crippen molar-refractivity contribution >= 4 is 17.9 Å². The molecule has 0 aliphatic rings. The van der Waals surface area contributed by atoms with Gasteiger partial charge in [0, 0.05) is 16.8 Å². The van der Waals surface area contributed by atoms with Crippen molar-refractivity contribution in [1.82, 2.24) is 0 Å². The molecule has 0 atom stereocenters. The molecule has 0 fully saturated rings. The lowest BCUT2D eigenvalue weighted by Crippen LogP contribution is -2.20. The summed E-state index contributed by atoms with van der Waals surface area (Å²) in [5.41, 5.74) is 3.13. The summed E-state index contributed by atoms with van der Waals surface area (Å²) >= 11 is 0. The molecule has 5 nitrogen and oxygen atoms in total. The maximum Gasteiger partial charge on any atom is 0.262 e. The number of nitrogens with one attached hydrogen (secondary N) is 1. The van der Waals surface area contributed by atoms with E-state index < -0.39 is 0 Å². The van der Waals surface area contributed by atoms with Crippen LogP contribution in [0.4, 0.5) is 5.69 Å². The lowest BCUT2D eigenvalue weighted by Gasteiger charge is -2.13. The van der Waals surface area contributed by atoms with E-state index >= 15 is 0 Å². The summed E-state index contributed by atoms with van der Waals surface area (Å²) in [6.45, 7) is -0.181. The highest BCUT2D eigenvalue weighted by Gasteiger charge is 2.11. The van der Waals surface area contributed by atoms with Crippen LogP contribution in [-0.2, 0) is 4.79 Å². The van der Waals surface area contributed by atoms with Crippen LogP contribution in [0.2, 0.25) is 0 Å². The Kier molecular flexibility index (Phi) is 5.84. The number of benzene rings is 3. The van der Waals surface area contributed by atoms with Gasteiger partial charge in [-0.2, -0.15) is 0 Å². The van der Waals surface area contributed by atoms with Crippen molar-refractivity contribution in [3.05, 3.63) is 78.4 Å². The molecule has 0 aliphatic carbocycles. The third-order valence-corrected chi connectivity index (χ3v) is 3.97. The van der Waals surface area contributed by atoms with E-state index in [1.165, 1.54) is 7.11 Å². The Morgan fingerprint density at radius 3 is 2.44 bits per heavy atom. The molecular weight excluding hydrogens is 342 g/mol. The van der Waals surface area contributed by atoms with Crippen LogP contribution in [-0.4, -0.2) is 25.9 Å². The van der Waals surface area contributed by atoms with E-state index in [0.29, 0.717) is 22.7 Å². The van der Waals surface area contributed by atoms with Gasteiger partial charge in [-0.1, -0.05) is 48.5 Å². The number of para-hydroxylation sites is 1. The average molecular weight is 361 g/mol. The molecule has 0 aromatic heterocycles. The van der Waals surface area contributed by atoms with Gasteiger partial charge in [0.25, 0.3) is 5.91 Å². The predicted octanol–water partition coefficient (Wildman–Crippen LogP) is 4.19. The first-order chi connectivity index (χ1) is 13.2. The van der Waals surface area contributed by atoms with Gasteiger partial charge in [-0.25, -0.2) is 0 Å². The molecule has 0 radical (unpaired) electrons. The van der Waals surface area contributed by atoms with Gasteiger partial charge < -0.3 is 14.8 Å². The summed E-state index contributed by atoms with van der Waals surface area (Å²) in [5, 5.41) is 2.88. The number of carbonyl (C=O) groups excluding carboxylic acids is 2. The molecule has 1 amide bonds. The van der Waals surface area contributed by atoms with Gasteiger partial charge in [0.1, 0.15) is 6.29 Å². The van der Waals surface area contributed by atoms with E-state index in [1.807, 2.05) is 54.6 Å². The lowest BCUT2D eigenvalue weighted by molar-refractivity contribution is -0.118. The maximum absolute atomic E-state index is 12.4. The Morgan fingerprint density at radius 2 is 1.70 bits per heavy atom. The van der Waals surface area contributed by atoms with Crippen molar-refractivity contribution in [1.29, 1.82) is 0 Å². The first-order valence-electron chi connectivity index (χ1n) is 8.41. The van der Waals surface area contributed by atoms with Crippen LogP contribution < -0.4 is 14.8 Å². The Hall–Kier alpha value is -3.60. The highest BCUT2D eigenvalue weighted by molar-refractivity contribution is 5.96. The molecule has 5 heteroatoms. The van der Waals surface area contributed by atoms with Crippen LogP contribution in [0.3, 0.4) is 0 Å². The number of ether oxygens (including phenoxy) is 2. The topological polar surface area (TPSA) is 64.6 Å². The van der Waals surface area contributed by atoms with Crippen molar-refractivity contribution in [3.8, 4) is 22.6 Å². The van der Waals surface area contributed by atoms with Gasteiger partial charge in [-0.15, -0.1) is 0 Å². The summed E-state index contributed by atoms with van der Waals surface area (Å²) in [6.07, 6.45) is 0.722. The lowest BCUT2D eigenvalue weighted by atomic mass is 10.0. The molecule has 0 unspecified atom stereocenters. The molecule has 1 N–H and O–H groups in total. The van der Waals surface area contributed by atoms with Crippen molar-refractivity contribution in [2.24, 2.45) is 0 Å². The zero-order valence-electron chi connectivity index (χ0n) is 14.8. The van der Waals surface area contributed by atoms with E-state index in [1.54, 1.807) is 18.2 Å². The normalized spacial score (nSPS) is 10.1. The fraction of sp³-hybridized carbons (Fsp3) is 0.0909. The molecule has 0 saturated carbocycles. The zero-order chi connectivity index (χ0) is 19.1. The standard InChI is InChI=1S/C22H19NO4/c1-26-21-13-16(14-24)11-12-20(21)27-15-22(25)23-19-10-6-5-9-18(19)17-7-3-2-4-8-17/h2-14H,15H2,1H3,(H,23,25). The Morgan fingerprint density at radius 1 is 0.963 bits per heavy atom. The number of anilines is 1. The minimum absolute atomic E-state index is 0.181. The molecule has 3 aromatic rings. The summed E-state index contributed by atoms with van der Waals surface area (Å²) in [6, 6.07) is 22.2. The summed E-state index contributed by atoms with van der Waals surface area (Å²) in [5.74, 6) is 0.506. The highest BCUT2D eigenvalue weighted by Crippen LogP contribution is 2.29. The third-order valence-electron chi connectivity index (χ3n) is 3.97. The number of aldehydes is 1. The SMILES string of the molecule is COc1cc(C=O)ccc1OCC(=O)Nc1ccccc1-c1ccccc1. The van der Waals surface area contributed by atoms with Crippen LogP contribution in [0.25, 0.3) is 11.1 Å². The van der Waals surface area contributed by atoms with E-state index in [2.05, 4.69) is 5.32 Å². The molecule has 0 spiro atoms. The number of amides is 1. The Labute approximate surface area is 157 Å². The molecular formula is C22H19NO4. The van der Waals surface area contributed by atoms with Gasteiger partial charge in [-0.05, 0) is 29.8 Å². The summed E-state index contributed by atoms with van der Waals surface area (Å²) in [4.78, 5) is 23.2. The second kappa shape index (κ2) is 8.67. The second-order valence-corrected chi connectivity index (χ2v) is 5.78. The largest absolute Gasteiger partial charge is 0.493 e. The van der Waals surface area contributed by atoms with Gasteiger partial charge in [0.2, 0.25) is 0 Å². The number of carbonyl (C=O) groups is 2. The molecule has 0 heterocycles. The van der Waals surface area contributed by atoms with Crippen LogP contribution in [0.1, 0.15) is 10.4 Å². The van der Waals surface area contributed by atoms with E-state index in [9.17, 15) is 9.59 Å². The molecule has 3 rings (SSSR count). The maximum atomic E-state index is 12.4. The third kappa shape index (κ3) is 4.52. The van der Waals surface area contributed by atoms with Gasteiger partial charge >= 0.3 is 0 Å². The van der Waals surface area contributed by atoms with Crippen LogP contribution in [0.5, 0.6) is 11.5 Å². The van der Waals surface area contributed by atoms with Gasteiger partial charge in [0.15, 0.2) is 18.1 Å². The monoisotopic (exact) mass is 361 g/mol. The minimum Gasteiger partial charge on any atom is -0.493 e. The molecule has 136 valence electrons. The fourth-order valence-corrected chi connectivity index (χ4v) is 2.67. The van der Waals surface area contributed by atoms with Crippen molar-refractivity contribution in [3.63, 3.8) is 0 Å². The zero-order valence-corrected chi connectivity index (χ0v) is 14.8. The molecule has 3 aromatic carbocycles. The van der Waals surface area contributed by atoms with Gasteiger partial charge in [0.05, 0.1) is 7.11 Å². The van der Waals surface area contributed by atoms with Crippen LogP contribution in [0.15, 0.2) is 72.8 Å². The molecule has 0 bridgehead atoms. The number of hydrogen-bond acceptors (Lipinski definition) is 4. The van der Waals surface area contributed by atoms with Crippen LogP contribution >= 0.6 is 0 Å². The molecule has 27 heavy (non-hydrogen) atoms. The van der Waals surface area contributed by atoms with Gasteiger partial charge in [-0.3, -0.25) is 9.59 Å². The second-order valence-electron chi connectivity index (χ2n) is 5.78. The number of methoxy groups -OCH3 is 1. The first kappa shape index (κ1) is 18.2. The Balaban J connectivity index is 1.70. The number of rotatable bonds is 7. The number of hydrogen-bond donors (Lipinski definition) is 1. The smallest absolute Gasteiger partial charge is 0.262 e. The molecule has 0 saturated heterocycles. The fourth-order valence-electron chi connectivity index (χ4n) is 2.67. The highest BCUT2D eigenvalue weighted by atomic mass is 16.5.